The summed E-state index contributed by atoms with van der Waals surface area (Å²) >= 11 is 0. The fourth-order valence-corrected chi connectivity index (χ4v) is 0.552. The lowest BCUT2D eigenvalue weighted by Gasteiger charge is -2.01. The number of hydrogen-bond acceptors (Lipinski definition) is 4. The van der Waals surface area contributed by atoms with Crippen molar-refractivity contribution in [3.8, 4) is 0 Å². The van der Waals surface area contributed by atoms with Crippen LogP contribution in [0.5, 0.6) is 0 Å². The lowest BCUT2D eigenvalue weighted by Crippen LogP contribution is -2.22. The van der Waals surface area contributed by atoms with Gasteiger partial charge in [-0.3, -0.25) is 0 Å². The van der Waals surface area contributed by atoms with E-state index in [0.717, 1.165) is 0 Å². The molecule has 2 N–H and O–H groups in total. The van der Waals surface area contributed by atoms with E-state index in [0.29, 0.717) is 5.84 Å². The summed E-state index contributed by atoms with van der Waals surface area (Å²) in [6.07, 6.45) is -1.01. The topological polar surface area (TPSA) is 53.9 Å². The number of nitrogens with zero attached hydrogens (tertiary/aromatic N) is 1. The van der Waals surface area contributed by atoms with Gasteiger partial charge >= 0.3 is 0 Å². The van der Waals surface area contributed by atoms with Gasteiger partial charge in [-0.2, -0.15) is 0 Å². The molecule has 0 spiro atoms. The minimum Gasteiger partial charge on any atom is -0.348 e. The Morgan fingerprint density at radius 2 is 2.44 bits per heavy atom. The summed E-state index contributed by atoms with van der Waals surface area (Å²) in [4.78, 5) is 8.26. The summed E-state index contributed by atoms with van der Waals surface area (Å²) in [6.45, 7) is 3.93. The molecule has 4 heteroatoms. The number of rotatable bonds is 1. The third-order valence-corrected chi connectivity index (χ3v) is 1.07. The molecule has 0 aromatic carbocycles. The largest absolute Gasteiger partial charge is 0.348 e. The molecule has 52 valence electrons. The molecule has 0 aromatic rings. The van der Waals surface area contributed by atoms with E-state index in [1.54, 1.807) is 0 Å². The summed E-state index contributed by atoms with van der Waals surface area (Å²) in [5.41, 5.74) is 2.51. The number of amidine groups is 1. The van der Waals surface area contributed by atoms with Gasteiger partial charge in [-0.05, 0) is 0 Å². The van der Waals surface area contributed by atoms with Crippen molar-refractivity contribution in [2.24, 2.45) is 10.9 Å². The van der Waals surface area contributed by atoms with Gasteiger partial charge in [-0.1, -0.05) is 13.8 Å². The molecule has 1 aliphatic heterocycles. The zero-order valence-electron chi connectivity index (χ0n) is 5.46. The predicted octanol–water partition coefficient (Wildman–Crippen LogP) is -0.148. The SMILES string of the molecule is CC(C)C1=NC(O)ON1. The lowest BCUT2D eigenvalue weighted by molar-refractivity contribution is -0.102. The summed E-state index contributed by atoms with van der Waals surface area (Å²) in [7, 11) is 0. The van der Waals surface area contributed by atoms with E-state index in [-0.39, 0.29) is 5.92 Å². The van der Waals surface area contributed by atoms with Crippen molar-refractivity contribution in [1.82, 2.24) is 5.48 Å². The Bertz CT molecular complexity index is 133. The van der Waals surface area contributed by atoms with Crippen molar-refractivity contribution < 1.29 is 9.94 Å². The first-order valence-electron chi connectivity index (χ1n) is 2.87. The molecule has 1 atom stereocenters. The monoisotopic (exact) mass is 130 g/mol. The van der Waals surface area contributed by atoms with E-state index >= 15 is 0 Å². The Labute approximate surface area is 53.5 Å². The second kappa shape index (κ2) is 2.33. The van der Waals surface area contributed by atoms with Crippen LogP contribution < -0.4 is 5.48 Å². The van der Waals surface area contributed by atoms with Crippen LogP contribution >= 0.6 is 0 Å². The maximum Gasteiger partial charge on any atom is 0.280 e. The molecule has 0 aromatic heterocycles. The van der Waals surface area contributed by atoms with Crippen LogP contribution in [0.1, 0.15) is 13.8 Å². The van der Waals surface area contributed by atoms with Crippen LogP contribution in [0.15, 0.2) is 4.99 Å². The average Bonchev–Trinajstić information content (AvgIpc) is 2.14. The highest BCUT2D eigenvalue weighted by Gasteiger charge is 2.16. The lowest BCUT2D eigenvalue weighted by atomic mass is 10.2. The highest BCUT2D eigenvalue weighted by molar-refractivity contribution is 5.83. The number of aliphatic hydroxyl groups is 1. The second-order valence-electron chi connectivity index (χ2n) is 2.22. The van der Waals surface area contributed by atoms with Gasteiger partial charge in [-0.25, -0.2) is 15.3 Å². The van der Waals surface area contributed by atoms with Crippen LogP contribution in [0.2, 0.25) is 0 Å². The molecule has 1 heterocycles. The molecule has 1 aliphatic rings. The third-order valence-electron chi connectivity index (χ3n) is 1.07. The van der Waals surface area contributed by atoms with Gasteiger partial charge in [0.2, 0.25) is 0 Å². The fraction of sp³-hybridized carbons (Fsp3) is 0.800. The first-order chi connectivity index (χ1) is 4.20. The van der Waals surface area contributed by atoms with Gasteiger partial charge in [0.05, 0.1) is 0 Å². The molecule has 0 amide bonds. The summed E-state index contributed by atoms with van der Waals surface area (Å²) in [6, 6.07) is 0. The van der Waals surface area contributed by atoms with Crippen LogP contribution in [0, 0.1) is 5.92 Å². The van der Waals surface area contributed by atoms with Crippen molar-refractivity contribution >= 4 is 5.84 Å². The number of aliphatic hydroxyl groups excluding tert-OH is 1. The Morgan fingerprint density at radius 1 is 1.78 bits per heavy atom. The quantitative estimate of drug-likeness (QED) is 0.519. The first kappa shape index (κ1) is 6.51. The van der Waals surface area contributed by atoms with Crippen molar-refractivity contribution in [3.63, 3.8) is 0 Å². The molecule has 4 nitrogen and oxygen atoms in total. The molecule has 0 fully saturated rings. The van der Waals surface area contributed by atoms with E-state index in [4.69, 9.17) is 5.11 Å². The Hall–Kier alpha value is -0.610. The van der Waals surface area contributed by atoms with Gasteiger partial charge in [0.15, 0.2) is 0 Å². The van der Waals surface area contributed by atoms with Crippen LogP contribution in [-0.4, -0.2) is 17.4 Å². The maximum atomic E-state index is 8.68. The maximum absolute atomic E-state index is 8.68. The van der Waals surface area contributed by atoms with E-state index in [2.05, 4.69) is 15.3 Å². The zero-order chi connectivity index (χ0) is 6.85. The Morgan fingerprint density at radius 3 is 2.67 bits per heavy atom. The smallest absolute Gasteiger partial charge is 0.280 e. The molecule has 1 rings (SSSR count). The minimum absolute atomic E-state index is 0.280. The van der Waals surface area contributed by atoms with Crippen LogP contribution in [0.4, 0.5) is 0 Å². The fourth-order valence-electron chi connectivity index (χ4n) is 0.552. The Kier molecular flexibility index (Phi) is 1.68. The molecule has 0 aliphatic carbocycles. The van der Waals surface area contributed by atoms with E-state index in [1.165, 1.54) is 0 Å². The van der Waals surface area contributed by atoms with Crippen molar-refractivity contribution in [3.05, 3.63) is 0 Å². The highest BCUT2D eigenvalue weighted by atomic mass is 16.7. The molecule has 9 heavy (non-hydrogen) atoms. The average molecular weight is 130 g/mol. The molecule has 0 saturated heterocycles. The van der Waals surface area contributed by atoms with E-state index < -0.39 is 6.41 Å². The Balaban J connectivity index is 2.52. The van der Waals surface area contributed by atoms with Gasteiger partial charge in [0, 0.05) is 5.92 Å². The van der Waals surface area contributed by atoms with E-state index in [1.807, 2.05) is 13.8 Å². The van der Waals surface area contributed by atoms with Crippen LogP contribution in [0.3, 0.4) is 0 Å². The van der Waals surface area contributed by atoms with Crippen LogP contribution in [0.25, 0.3) is 0 Å². The van der Waals surface area contributed by atoms with Gasteiger partial charge in [-0.15, -0.1) is 0 Å². The number of hydrogen-bond donors (Lipinski definition) is 2. The first-order valence-corrected chi connectivity index (χ1v) is 2.87. The minimum atomic E-state index is -1.01. The normalized spacial score (nSPS) is 26.2. The standard InChI is InChI=1S/C5H10N2O2/c1-3(2)4-6-5(8)9-7-4/h3,5,8H,1-2H3,(H,6,7). The number of nitrogens with one attached hydrogen (secondary N) is 1. The highest BCUT2D eigenvalue weighted by Crippen LogP contribution is 2.03. The molecule has 1 unspecified atom stereocenters. The molecule has 0 radical (unpaired) electrons. The molecule has 0 bridgehead atoms. The van der Waals surface area contributed by atoms with Crippen molar-refractivity contribution in [2.75, 3.05) is 0 Å². The van der Waals surface area contributed by atoms with Gasteiger partial charge in [0.25, 0.3) is 6.41 Å². The van der Waals surface area contributed by atoms with Crippen molar-refractivity contribution in [1.29, 1.82) is 0 Å². The molecular formula is C5H10N2O2. The number of hydroxylamine groups is 1. The number of aliphatic imine (C=N–C) groups is 1. The van der Waals surface area contributed by atoms with E-state index in [9.17, 15) is 0 Å². The van der Waals surface area contributed by atoms with Gasteiger partial charge in [0.1, 0.15) is 5.84 Å². The third kappa shape index (κ3) is 1.40. The van der Waals surface area contributed by atoms with Gasteiger partial charge < -0.3 is 5.11 Å². The summed E-state index contributed by atoms with van der Waals surface area (Å²) in [5, 5.41) is 8.68. The second-order valence-corrected chi connectivity index (χ2v) is 2.22. The zero-order valence-corrected chi connectivity index (χ0v) is 5.46. The summed E-state index contributed by atoms with van der Waals surface area (Å²) in [5.74, 6) is 0.977. The van der Waals surface area contributed by atoms with Crippen LogP contribution in [-0.2, 0) is 4.84 Å². The predicted molar refractivity (Wildman–Crippen MR) is 32.5 cm³/mol. The molecule has 0 saturated carbocycles. The summed E-state index contributed by atoms with van der Waals surface area (Å²) < 4.78 is 0. The van der Waals surface area contributed by atoms with Crippen molar-refractivity contribution in [2.45, 2.75) is 20.3 Å². The molecular weight excluding hydrogens is 120 g/mol.